The lowest BCUT2D eigenvalue weighted by Gasteiger charge is -1.98. The van der Waals surface area contributed by atoms with Crippen molar-refractivity contribution in [3.05, 3.63) is 32.3 Å². The Hall–Kier alpha value is -1.31. The summed E-state index contributed by atoms with van der Waals surface area (Å²) < 4.78 is 5.19. The molecule has 2 aromatic rings. The monoisotopic (exact) mass is 304 g/mol. The number of hydrogen-bond acceptors (Lipinski definition) is 4. The van der Waals surface area contributed by atoms with Gasteiger partial charge in [0.25, 0.3) is 5.56 Å². The lowest BCUT2D eigenvalue weighted by Crippen LogP contribution is -2.12. The van der Waals surface area contributed by atoms with E-state index in [0.717, 1.165) is 0 Å². The van der Waals surface area contributed by atoms with Gasteiger partial charge in [0.1, 0.15) is 3.57 Å². The Morgan fingerprint density at radius 3 is 2.93 bits per heavy atom. The van der Waals surface area contributed by atoms with Crippen molar-refractivity contribution in [2.45, 2.75) is 0 Å². The minimum absolute atomic E-state index is 0.165. The molecule has 0 aliphatic rings. The van der Waals surface area contributed by atoms with Crippen LogP contribution in [0.3, 0.4) is 0 Å². The molecule has 0 unspecified atom stereocenters. The molecule has 0 aromatic carbocycles. The highest BCUT2D eigenvalue weighted by Gasteiger charge is 2.10. The van der Waals surface area contributed by atoms with Crippen molar-refractivity contribution < 1.29 is 9.52 Å². The van der Waals surface area contributed by atoms with E-state index >= 15 is 0 Å². The average molecular weight is 304 g/mol. The van der Waals surface area contributed by atoms with E-state index < -0.39 is 0 Å². The van der Waals surface area contributed by atoms with Gasteiger partial charge in [0.05, 0.1) is 6.26 Å². The summed E-state index contributed by atoms with van der Waals surface area (Å²) >= 11 is 1.72. The van der Waals surface area contributed by atoms with E-state index in [1.165, 1.54) is 6.26 Å². The Balaban J connectivity index is 2.63. The van der Waals surface area contributed by atoms with Gasteiger partial charge in [-0.15, -0.1) is 0 Å². The van der Waals surface area contributed by atoms with Gasteiger partial charge in [0.2, 0.25) is 5.88 Å². The van der Waals surface area contributed by atoms with E-state index in [9.17, 15) is 9.90 Å². The summed E-state index contributed by atoms with van der Waals surface area (Å²) in [4.78, 5) is 17.5. The van der Waals surface area contributed by atoms with Crippen LogP contribution in [0.25, 0.3) is 11.6 Å². The molecule has 2 rings (SSSR count). The molecular weight excluding hydrogens is 299 g/mol. The van der Waals surface area contributed by atoms with Crippen LogP contribution in [0, 0.1) is 3.57 Å². The Bertz CT molecular complexity index is 504. The topological polar surface area (TPSA) is 79.1 Å². The standard InChI is InChI=1S/C8H5IN2O3/c9-5-7(12)10-6(11-8(5)13)4-2-1-3-14-4/h1-3H,(H2,10,11,12,13). The maximum Gasteiger partial charge on any atom is 0.268 e. The first-order valence-electron chi connectivity index (χ1n) is 3.71. The average Bonchev–Trinajstić information content (AvgIpc) is 2.66. The van der Waals surface area contributed by atoms with Gasteiger partial charge in [0, 0.05) is 0 Å². The van der Waals surface area contributed by atoms with Gasteiger partial charge < -0.3 is 14.5 Å². The van der Waals surface area contributed by atoms with Crippen LogP contribution in [0.4, 0.5) is 0 Å². The zero-order valence-corrected chi connectivity index (χ0v) is 8.98. The van der Waals surface area contributed by atoms with Gasteiger partial charge in [-0.2, -0.15) is 4.98 Å². The van der Waals surface area contributed by atoms with Crippen LogP contribution < -0.4 is 5.56 Å². The molecule has 0 saturated heterocycles. The molecular formula is C8H5IN2O3. The number of rotatable bonds is 1. The molecule has 14 heavy (non-hydrogen) atoms. The normalized spacial score (nSPS) is 10.4. The summed E-state index contributed by atoms with van der Waals surface area (Å²) in [5.41, 5.74) is -0.385. The predicted octanol–water partition coefficient (Wildman–Crippen LogP) is 1.34. The van der Waals surface area contributed by atoms with E-state index in [0.29, 0.717) is 5.76 Å². The molecule has 2 heterocycles. The molecule has 0 fully saturated rings. The minimum Gasteiger partial charge on any atom is -0.492 e. The first-order chi connectivity index (χ1) is 6.68. The summed E-state index contributed by atoms with van der Waals surface area (Å²) in [7, 11) is 0. The van der Waals surface area contributed by atoms with Crippen molar-refractivity contribution in [3.8, 4) is 17.5 Å². The number of nitrogens with zero attached hydrogens (tertiary/aromatic N) is 1. The second-order valence-corrected chi connectivity index (χ2v) is 3.61. The van der Waals surface area contributed by atoms with E-state index in [-0.39, 0.29) is 20.8 Å². The maximum absolute atomic E-state index is 11.3. The van der Waals surface area contributed by atoms with E-state index in [2.05, 4.69) is 9.97 Å². The van der Waals surface area contributed by atoms with Crippen molar-refractivity contribution in [2.24, 2.45) is 0 Å². The minimum atomic E-state index is -0.385. The van der Waals surface area contributed by atoms with Crippen LogP contribution in [0.15, 0.2) is 27.6 Å². The number of H-pyrrole nitrogens is 1. The Morgan fingerprint density at radius 1 is 1.57 bits per heavy atom. The molecule has 0 atom stereocenters. The fraction of sp³-hybridized carbons (Fsp3) is 0. The number of aromatic amines is 1. The second-order valence-electron chi connectivity index (χ2n) is 2.53. The zero-order chi connectivity index (χ0) is 10.1. The largest absolute Gasteiger partial charge is 0.492 e. The molecule has 0 spiro atoms. The highest BCUT2D eigenvalue weighted by molar-refractivity contribution is 14.1. The lowest BCUT2D eigenvalue weighted by molar-refractivity contribution is 0.446. The quantitative estimate of drug-likeness (QED) is 0.779. The van der Waals surface area contributed by atoms with E-state index in [1.807, 2.05) is 0 Å². The molecule has 0 radical (unpaired) electrons. The fourth-order valence-corrected chi connectivity index (χ4v) is 1.23. The van der Waals surface area contributed by atoms with E-state index in [4.69, 9.17) is 4.42 Å². The molecule has 72 valence electrons. The number of halogens is 1. The van der Waals surface area contributed by atoms with Crippen molar-refractivity contribution in [1.82, 2.24) is 9.97 Å². The molecule has 6 heteroatoms. The van der Waals surface area contributed by atoms with Crippen LogP contribution in [0.5, 0.6) is 5.88 Å². The summed E-state index contributed by atoms with van der Waals surface area (Å²) in [6, 6.07) is 3.31. The number of furan rings is 1. The molecule has 0 aliphatic carbocycles. The SMILES string of the molecule is O=c1[nH]c(-c2ccco2)nc(O)c1I. The van der Waals surface area contributed by atoms with Crippen LogP contribution in [0.1, 0.15) is 0 Å². The third-order valence-electron chi connectivity index (χ3n) is 1.60. The molecule has 0 saturated carbocycles. The number of nitrogens with one attached hydrogen (secondary N) is 1. The van der Waals surface area contributed by atoms with Crippen LogP contribution in [-0.4, -0.2) is 15.1 Å². The molecule has 0 bridgehead atoms. The zero-order valence-electron chi connectivity index (χ0n) is 6.82. The molecule has 0 aliphatic heterocycles. The third kappa shape index (κ3) is 1.52. The molecule has 5 nitrogen and oxygen atoms in total. The third-order valence-corrected chi connectivity index (χ3v) is 2.57. The fourth-order valence-electron chi connectivity index (χ4n) is 0.977. The summed E-state index contributed by atoms with van der Waals surface area (Å²) in [5, 5.41) is 9.30. The van der Waals surface area contributed by atoms with Gasteiger partial charge in [-0.25, -0.2) is 0 Å². The Morgan fingerprint density at radius 2 is 2.36 bits per heavy atom. The van der Waals surface area contributed by atoms with Gasteiger partial charge in [-0.1, -0.05) is 0 Å². The highest BCUT2D eigenvalue weighted by atomic mass is 127. The van der Waals surface area contributed by atoms with Crippen molar-refractivity contribution >= 4 is 22.6 Å². The Labute approximate surface area is 91.9 Å². The van der Waals surface area contributed by atoms with Gasteiger partial charge in [0.15, 0.2) is 11.6 Å². The van der Waals surface area contributed by atoms with Crippen molar-refractivity contribution in [3.63, 3.8) is 0 Å². The van der Waals surface area contributed by atoms with Crippen molar-refractivity contribution in [1.29, 1.82) is 0 Å². The smallest absolute Gasteiger partial charge is 0.268 e. The highest BCUT2D eigenvalue weighted by Crippen LogP contribution is 2.18. The number of hydrogen-bond donors (Lipinski definition) is 2. The first-order valence-corrected chi connectivity index (χ1v) is 4.79. The van der Waals surface area contributed by atoms with Crippen LogP contribution >= 0.6 is 22.6 Å². The van der Waals surface area contributed by atoms with Crippen molar-refractivity contribution in [2.75, 3.05) is 0 Å². The summed E-state index contributed by atoms with van der Waals surface area (Å²) in [5.74, 6) is 0.340. The second kappa shape index (κ2) is 3.45. The summed E-state index contributed by atoms with van der Waals surface area (Å²) in [6.07, 6.45) is 1.46. The van der Waals surface area contributed by atoms with Gasteiger partial charge in [-0.05, 0) is 34.7 Å². The first kappa shape index (κ1) is 9.25. The van der Waals surface area contributed by atoms with Gasteiger partial charge >= 0.3 is 0 Å². The number of aromatic nitrogens is 2. The lowest BCUT2D eigenvalue weighted by atomic mass is 10.4. The molecule has 2 N–H and O–H groups in total. The molecule has 2 aromatic heterocycles. The summed E-state index contributed by atoms with van der Waals surface area (Å²) in [6.45, 7) is 0. The number of aromatic hydroxyl groups is 1. The Kier molecular flexibility index (Phi) is 2.28. The van der Waals surface area contributed by atoms with Crippen LogP contribution in [0.2, 0.25) is 0 Å². The molecule has 0 amide bonds. The maximum atomic E-state index is 11.3. The van der Waals surface area contributed by atoms with Crippen LogP contribution in [-0.2, 0) is 0 Å². The van der Waals surface area contributed by atoms with E-state index in [1.54, 1.807) is 34.7 Å². The van der Waals surface area contributed by atoms with Gasteiger partial charge in [-0.3, -0.25) is 4.79 Å². The predicted molar refractivity (Wildman–Crippen MR) is 56.9 cm³/mol.